The number of aromatic nitrogens is 1. The van der Waals surface area contributed by atoms with Crippen molar-refractivity contribution in [2.75, 3.05) is 13.7 Å². The molecule has 2 N–H and O–H groups in total. The highest BCUT2D eigenvalue weighted by Crippen LogP contribution is 2.23. The van der Waals surface area contributed by atoms with Crippen molar-refractivity contribution in [2.45, 2.75) is 32.7 Å². The minimum atomic E-state index is -0.225. The zero-order valence-corrected chi connectivity index (χ0v) is 16.8. The van der Waals surface area contributed by atoms with Crippen LogP contribution in [0.5, 0.6) is 5.75 Å². The number of carbonyl (C=O) groups excluding carboxylic acids is 1. The third-order valence-electron chi connectivity index (χ3n) is 4.70. The number of oxazole rings is 1. The van der Waals surface area contributed by atoms with Crippen molar-refractivity contribution < 1.29 is 18.7 Å². The van der Waals surface area contributed by atoms with Crippen LogP contribution in [0.2, 0.25) is 0 Å². The standard InChI is InChI=1S/C23H26N2O4/c1-16-20(25-23(29-16)18-6-4-3-5-7-18)12-13-28-21-10-8-17(14-19(21)15-24)9-11-22(26)27-2/h3-8,10,14H,9,11-13,15,24H2,1-2H3. The van der Waals surface area contributed by atoms with Gasteiger partial charge in [-0.25, -0.2) is 4.98 Å². The van der Waals surface area contributed by atoms with E-state index in [1.54, 1.807) is 0 Å². The molecular weight excluding hydrogens is 368 g/mol. The monoisotopic (exact) mass is 394 g/mol. The molecule has 0 radical (unpaired) electrons. The molecule has 1 aromatic heterocycles. The Morgan fingerprint density at radius 2 is 1.93 bits per heavy atom. The highest BCUT2D eigenvalue weighted by Gasteiger charge is 2.12. The van der Waals surface area contributed by atoms with E-state index in [4.69, 9.17) is 14.9 Å². The number of benzene rings is 2. The summed E-state index contributed by atoms with van der Waals surface area (Å²) in [5, 5.41) is 0. The molecule has 6 heteroatoms. The van der Waals surface area contributed by atoms with E-state index in [-0.39, 0.29) is 5.97 Å². The molecule has 3 rings (SSSR count). The molecule has 29 heavy (non-hydrogen) atoms. The zero-order valence-electron chi connectivity index (χ0n) is 16.8. The number of rotatable bonds is 9. The van der Waals surface area contributed by atoms with E-state index in [2.05, 4.69) is 9.72 Å². The van der Waals surface area contributed by atoms with Crippen molar-refractivity contribution in [3.63, 3.8) is 0 Å². The van der Waals surface area contributed by atoms with E-state index in [0.717, 1.165) is 33.9 Å². The summed E-state index contributed by atoms with van der Waals surface area (Å²) in [5.41, 5.74) is 9.66. The molecule has 0 saturated heterocycles. The van der Waals surface area contributed by atoms with E-state index in [9.17, 15) is 4.79 Å². The first kappa shape index (κ1) is 20.6. The van der Waals surface area contributed by atoms with Gasteiger partial charge in [0.05, 0.1) is 19.4 Å². The molecule has 6 nitrogen and oxygen atoms in total. The fourth-order valence-electron chi connectivity index (χ4n) is 3.06. The Morgan fingerprint density at radius 1 is 1.14 bits per heavy atom. The quantitative estimate of drug-likeness (QED) is 0.555. The van der Waals surface area contributed by atoms with Gasteiger partial charge in [0.15, 0.2) is 0 Å². The second-order valence-corrected chi connectivity index (χ2v) is 6.71. The Bertz CT molecular complexity index is 951. The number of methoxy groups -OCH3 is 1. The number of carbonyl (C=O) groups is 1. The summed E-state index contributed by atoms with van der Waals surface area (Å²) >= 11 is 0. The molecule has 0 amide bonds. The molecule has 2 aromatic carbocycles. The minimum Gasteiger partial charge on any atom is -0.493 e. The minimum absolute atomic E-state index is 0.225. The van der Waals surface area contributed by atoms with Gasteiger partial charge in [-0.1, -0.05) is 30.3 Å². The zero-order chi connectivity index (χ0) is 20.6. The third-order valence-corrected chi connectivity index (χ3v) is 4.70. The molecule has 152 valence electrons. The van der Waals surface area contributed by atoms with E-state index in [1.165, 1.54) is 7.11 Å². The third kappa shape index (κ3) is 5.45. The maximum atomic E-state index is 11.3. The van der Waals surface area contributed by atoms with Crippen LogP contribution in [-0.4, -0.2) is 24.7 Å². The summed E-state index contributed by atoms with van der Waals surface area (Å²) in [7, 11) is 1.39. The van der Waals surface area contributed by atoms with Crippen molar-refractivity contribution in [1.82, 2.24) is 4.98 Å². The number of ether oxygens (including phenoxy) is 2. The van der Waals surface area contributed by atoms with Gasteiger partial charge >= 0.3 is 5.97 Å². The molecule has 0 bridgehead atoms. The second-order valence-electron chi connectivity index (χ2n) is 6.71. The second kappa shape index (κ2) is 9.89. The van der Waals surface area contributed by atoms with Crippen molar-refractivity contribution in [3.8, 4) is 17.2 Å². The molecular formula is C23H26N2O4. The normalized spacial score (nSPS) is 10.7. The molecule has 0 aliphatic rings. The number of aryl methyl sites for hydroxylation is 2. The largest absolute Gasteiger partial charge is 0.493 e. The van der Waals surface area contributed by atoms with Crippen LogP contribution in [0.4, 0.5) is 0 Å². The molecule has 0 aliphatic heterocycles. The lowest BCUT2D eigenvalue weighted by Crippen LogP contribution is -2.08. The van der Waals surface area contributed by atoms with Crippen molar-refractivity contribution in [1.29, 1.82) is 0 Å². The van der Waals surface area contributed by atoms with Gasteiger partial charge in [0.2, 0.25) is 5.89 Å². The highest BCUT2D eigenvalue weighted by molar-refractivity contribution is 5.69. The molecule has 0 atom stereocenters. The summed E-state index contributed by atoms with van der Waals surface area (Å²) < 4.78 is 16.4. The number of nitrogens with two attached hydrogens (primary N) is 1. The van der Waals surface area contributed by atoms with Crippen LogP contribution in [0.1, 0.15) is 29.0 Å². The number of hydrogen-bond donors (Lipinski definition) is 1. The first-order valence-corrected chi connectivity index (χ1v) is 9.64. The van der Waals surface area contributed by atoms with E-state index in [1.807, 2.05) is 55.5 Å². The lowest BCUT2D eigenvalue weighted by atomic mass is 10.1. The summed E-state index contributed by atoms with van der Waals surface area (Å²) in [4.78, 5) is 15.9. The van der Waals surface area contributed by atoms with Crippen LogP contribution in [0.15, 0.2) is 52.9 Å². The molecule has 0 unspecified atom stereocenters. The van der Waals surface area contributed by atoms with Gasteiger partial charge < -0.3 is 19.6 Å². The van der Waals surface area contributed by atoms with E-state index in [0.29, 0.717) is 38.3 Å². The average molecular weight is 394 g/mol. The van der Waals surface area contributed by atoms with Crippen LogP contribution >= 0.6 is 0 Å². The topological polar surface area (TPSA) is 87.6 Å². The summed E-state index contributed by atoms with van der Waals surface area (Å²) in [6, 6.07) is 15.7. The number of hydrogen-bond acceptors (Lipinski definition) is 6. The first-order chi connectivity index (χ1) is 14.1. The maximum Gasteiger partial charge on any atom is 0.305 e. The van der Waals surface area contributed by atoms with Crippen LogP contribution in [0.25, 0.3) is 11.5 Å². The van der Waals surface area contributed by atoms with Crippen molar-refractivity contribution in [2.24, 2.45) is 5.73 Å². The Balaban J connectivity index is 1.60. The summed E-state index contributed by atoms with van der Waals surface area (Å²) in [6.45, 7) is 2.74. The molecule has 0 spiro atoms. The van der Waals surface area contributed by atoms with Crippen LogP contribution in [0.3, 0.4) is 0 Å². The molecule has 0 fully saturated rings. The lowest BCUT2D eigenvalue weighted by molar-refractivity contribution is -0.140. The Morgan fingerprint density at radius 3 is 2.66 bits per heavy atom. The molecule has 0 aliphatic carbocycles. The Kier molecular flexibility index (Phi) is 7.03. The number of nitrogens with zero attached hydrogens (tertiary/aromatic N) is 1. The maximum absolute atomic E-state index is 11.3. The number of esters is 1. The first-order valence-electron chi connectivity index (χ1n) is 9.64. The lowest BCUT2D eigenvalue weighted by Gasteiger charge is -2.12. The fraction of sp³-hybridized carbons (Fsp3) is 0.304. The van der Waals surface area contributed by atoms with E-state index < -0.39 is 0 Å². The van der Waals surface area contributed by atoms with Crippen LogP contribution in [0, 0.1) is 6.92 Å². The summed E-state index contributed by atoms with van der Waals surface area (Å²) in [6.07, 6.45) is 1.59. The SMILES string of the molecule is COC(=O)CCc1ccc(OCCc2nc(-c3ccccc3)oc2C)c(CN)c1. The van der Waals surface area contributed by atoms with Gasteiger partial charge in [-0.05, 0) is 37.1 Å². The van der Waals surface area contributed by atoms with E-state index >= 15 is 0 Å². The Labute approximate surface area is 170 Å². The van der Waals surface area contributed by atoms with Gasteiger partial charge in [0.1, 0.15) is 11.5 Å². The van der Waals surface area contributed by atoms with Gasteiger partial charge in [-0.3, -0.25) is 4.79 Å². The molecule has 0 saturated carbocycles. The smallest absolute Gasteiger partial charge is 0.305 e. The highest BCUT2D eigenvalue weighted by atomic mass is 16.5. The molecule has 3 aromatic rings. The van der Waals surface area contributed by atoms with Gasteiger partial charge in [-0.15, -0.1) is 0 Å². The van der Waals surface area contributed by atoms with Gasteiger partial charge in [-0.2, -0.15) is 0 Å². The predicted octanol–water partition coefficient (Wildman–Crippen LogP) is 3.84. The molecule has 1 heterocycles. The predicted molar refractivity (Wildman–Crippen MR) is 111 cm³/mol. The summed E-state index contributed by atoms with van der Waals surface area (Å²) in [5.74, 6) is 1.94. The fourth-order valence-corrected chi connectivity index (χ4v) is 3.06. The van der Waals surface area contributed by atoms with Crippen molar-refractivity contribution in [3.05, 3.63) is 71.1 Å². The van der Waals surface area contributed by atoms with Gasteiger partial charge in [0, 0.05) is 30.5 Å². The van der Waals surface area contributed by atoms with Gasteiger partial charge in [0.25, 0.3) is 0 Å². The Hall–Kier alpha value is -3.12. The average Bonchev–Trinajstić information content (AvgIpc) is 3.13. The van der Waals surface area contributed by atoms with Crippen molar-refractivity contribution >= 4 is 5.97 Å². The van der Waals surface area contributed by atoms with Crippen LogP contribution < -0.4 is 10.5 Å². The van der Waals surface area contributed by atoms with Crippen LogP contribution in [-0.2, 0) is 28.9 Å².